The lowest BCUT2D eigenvalue weighted by atomic mass is 9.91. The number of aromatic nitrogens is 1. The van der Waals surface area contributed by atoms with Crippen LogP contribution in [0, 0.1) is 0 Å². The molecule has 0 bridgehead atoms. The number of fused-ring (bicyclic) bond motifs is 4. The molecule has 9 heteroatoms. The molecule has 2 aromatic carbocycles. The van der Waals surface area contributed by atoms with Crippen LogP contribution in [0.3, 0.4) is 0 Å². The summed E-state index contributed by atoms with van der Waals surface area (Å²) >= 11 is 0. The van der Waals surface area contributed by atoms with Gasteiger partial charge in [-0.25, -0.2) is 9.59 Å². The minimum Gasteiger partial charge on any atom is -0.508 e. The number of carbonyl (C=O) groups is 2. The third-order valence-electron chi connectivity index (χ3n) is 6.37. The third kappa shape index (κ3) is 4.57. The molecule has 0 spiro atoms. The van der Waals surface area contributed by atoms with Gasteiger partial charge >= 0.3 is 11.6 Å². The van der Waals surface area contributed by atoms with Gasteiger partial charge in [0, 0.05) is 40.5 Å². The number of H-pyrrole nitrogens is 1. The highest BCUT2D eigenvalue weighted by Crippen LogP contribution is 2.29. The number of rotatable bonds is 7. The molecule has 2 aromatic heterocycles. The molecule has 1 amide bonds. The van der Waals surface area contributed by atoms with Crippen LogP contribution in [0.2, 0.25) is 0 Å². The number of phenols is 1. The Morgan fingerprint density at radius 3 is 2.69 bits per heavy atom. The summed E-state index contributed by atoms with van der Waals surface area (Å²) in [5.41, 5.74) is 3.22. The van der Waals surface area contributed by atoms with E-state index in [0.717, 1.165) is 47.7 Å². The fourth-order valence-corrected chi connectivity index (χ4v) is 4.66. The second-order valence-electron chi connectivity index (χ2n) is 8.71. The Hall–Kier alpha value is -4.27. The van der Waals surface area contributed by atoms with Crippen molar-refractivity contribution in [2.75, 3.05) is 6.61 Å². The molecule has 4 N–H and O–H groups in total. The number of phenolic OH excluding ortho intramolecular Hbond substituents is 1. The number of carbonyl (C=O) groups excluding carboxylic acids is 1. The number of aromatic hydroxyl groups is 1. The smallest absolute Gasteiger partial charge is 0.339 e. The summed E-state index contributed by atoms with van der Waals surface area (Å²) in [5.74, 6) is -1.39. The van der Waals surface area contributed by atoms with Crippen molar-refractivity contribution in [2.24, 2.45) is 0 Å². The molecular weight excluding hydrogens is 452 g/mol. The first kappa shape index (κ1) is 22.5. The molecule has 0 aliphatic heterocycles. The first-order valence-corrected chi connectivity index (χ1v) is 11.4. The average Bonchev–Trinajstić information content (AvgIpc) is 3.24. The summed E-state index contributed by atoms with van der Waals surface area (Å²) in [4.78, 5) is 39.6. The molecule has 2 heterocycles. The molecule has 35 heavy (non-hydrogen) atoms. The summed E-state index contributed by atoms with van der Waals surface area (Å²) in [6, 6.07) is 8.68. The van der Waals surface area contributed by atoms with Crippen LogP contribution in [0.5, 0.6) is 11.5 Å². The molecule has 4 aromatic rings. The van der Waals surface area contributed by atoms with Crippen molar-refractivity contribution in [3.8, 4) is 11.5 Å². The van der Waals surface area contributed by atoms with E-state index in [4.69, 9.17) is 9.15 Å². The van der Waals surface area contributed by atoms with Gasteiger partial charge in [0.25, 0.3) is 5.91 Å². The SMILES string of the molecule is O=C(COc1ccc2c3c(c(=O)oc2c1)CCCC3)N[C@H](Cc1c[nH]c2ccc(O)cc12)C(=O)O. The van der Waals surface area contributed by atoms with Gasteiger partial charge in [-0.3, -0.25) is 4.79 Å². The zero-order chi connectivity index (χ0) is 24.5. The molecule has 5 rings (SSSR count). The van der Waals surface area contributed by atoms with E-state index in [2.05, 4.69) is 10.3 Å². The lowest BCUT2D eigenvalue weighted by Gasteiger charge is -2.17. The van der Waals surface area contributed by atoms with Crippen LogP contribution < -0.4 is 15.7 Å². The van der Waals surface area contributed by atoms with Crippen LogP contribution >= 0.6 is 0 Å². The average molecular weight is 476 g/mol. The number of amides is 1. The molecule has 9 nitrogen and oxygen atoms in total. The predicted molar refractivity (Wildman–Crippen MR) is 128 cm³/mol. The molecule has 1 aliphatic carbocycles. The Morgan fingerprint density at radius 1 is 1.09 bits per heavy atom. The van der Waals surface area contributed by atoms with Crippen LogP contribution in [0.15, 0.2) is 51.8 Å². The maximum absolute atomic E-state index is 12.5. The number of aryl methyl sites for hydroxylation is 1. The molecule has 1 aliphatic rings. The zero-order valence-corrected chi connectivity index (χ0v) is 18.8. The molecule has 1 atom stereocenters. The van der Waals surface area contributed by atoms with Gasteiger partial charge in [0.2, 0.25) is 0 Å². The number of nitrogens with one attached hydrogen (secondary N) is 2. The highest BCUT2D eigenvalue weighted by Gasteiger charge is 2.23. The summed E-state index contributed by atoms with van der Waals surface area (Å²) in [6.45, 7) is -0.404. The Bertz CT molecular complexity index is 1500. The van der Waals surface area contributed by atoms with Crippen LogP contribution in [0.25, 0.3) is 21.9 Å². The topological polar surface area (TPSA) is 142 Å². The van der Waals surface area contributed by atoms with Crippen molar-refractivity contribution in [1.82, 2.24) is 10.3 Å². The lowest BCUT2D eigenvalue weighted by Crippen LogP contribution is -2.44. The molecule has 180 valence electrons. The van der Waals surface area contributed by atoms with E-state index >= 15 is 0 Å². The first-order chi connectivity index (χ1) is 16.9. The van der Waals surface area contributed by atoms with Crippen molar-refractivity contribution >= 4 is 33.7 Å². The second-order valence-corrected chi connectivity index (χ2v) is 8.71. The van der Waals surface area contributed by atoms with Gasteiger partial charge in [-0.1, -0.05) is 0 Å². The van der Waals surface area contributed by atoms with E-state index in [1.165, 1.54) is 6.07 Å². The number of benzene rings is 2. The normalized spacial score (nSPS) is 13.9. The molecule has 0 saturated carbocycles. The predicted octanol–water partition coefficient (Wildman–Crippen LogP) is 3.05. The number of aromatic amines is 1. The number of hydrogen-bond donors (Lipinski definition) is 4. The van der Waals surface area contributed by atoms with Crippen molar-refractivity contribution < 1.29 is 29.0 Å². The highest BCUT2D eigenvalue weighted by atomic mass is 16.5. The van der Waals surface area contributed by atoms with Gasteiger partial charge < -0.3 is 29.7 Å². The monoisotopic (exact) mass is 476 g/mol. The molecule has 0 radical (unpaired) electrons. The van der Waals surface area contributed by atoms with Crippen LogP contribution in [-0.2, 0) is 28.9 Å². The van der Waals surface area contributed by atoms with Crippen molar-refractivity contribution in [1.29, 1.82) is 0 Å². The lowest BCUT2D eigenvalue weighted by molar-refractivity contribution is -0.142. The standard InChI is InChI=1S/C26H24N2O7/c29-15-5-8-21-20(10-15)14(12-27-21)9-22(25(31)32)28-24(30)13-34-16-6-7-18-17-3-1-2-4-19(17)26(33)35-23(18)11-16/h5-8,10-12,22,27,29H,1-4,9,13H2,(H,28,30)(H,31,32)/t22-/m1/s1. The van der Waals surface area contributed by atoms with Gasteiger partial charge in [0.15, 0.2) is 6.61 Å². The number of carboxylic acid groups (broad SMARTS) is 1. The third-order valence-corrected chi connectivity index (χ3v) is 6.37. The van der Waals surface area contributed by atoms with Gasteiger partial charge in [0.1, 0.15) is 23.1 Å². The summed E-state index contributed by atoms with van der Waals surface area (Å²) < 4.78 is 11.0. The van der Waals surface area contributed by atoms with Crippen LogP contribution in [-0.4, -0.2) is 39.7 Å². The maximum Gasteiger partial charge on any atom is 0.339 e. The molecule has 0 unspecified atom stereocenters. The first-order valence-electron chi connectivity index (χ1n) is 11.4. The highest BCUT2D eigenvalue weighted by molar-refractivity contribution is 5.88. The van der Waals surface area contributed by atoms with E-state index < -0.39 is 24.5 Å². The largest absolute Gasteiger partial charge is 0.508 e. The Kier molecular flexibility index (Phi) is 5.90. The molecule has 0 fully saturated rings. The quantitative estimate of drug-likeness (QED) is 0.300. The van der Waals surface area contributed by atoms with Gasteiger partial charge in [-0.2, -0.15) is 0 Å². The van der Waals surface area contributed by atoms with Crippen molar-refractivity contribution in [3.05, 3.63) is 69.7 Å². The van der Waals surface area contributed by atoms with Crippen LogP contribution in [0.1, 0.15) is 29.5 Å². The van der Waals surface area contributed by atoms with Gasteiger partial charge in [-0.05, 0) is 67.1 Å². The maximum atomic E-state index is 12.5. The van der Waals surface area contributed by atoms with E-state index in [0.29, 0.717) is 22.3 Å². The van der Waals surface area contributed by atoms with Crippen molar-refractivity contribution in [3.63, 3.8) is 0 Å². The van der Waals surface area contributed by atoms with Gasteiger partial charge in [-0.15, -0.1) is 0 Å². The fourth-order valence-electron chi connectivity index (χ4n) is 4.66. The Labute approximate surface area is 199 Å². The van der Waals surface area contributed by atoms with E-state index in [1.54, 1.807) is 30.5 Å². The minimum absolute atomic E-state index is 0.0246. The van der Waals surface area contributed by atoms with E-state index in [-0.39, 0.29) is 17.8 Å². The van der Waals surface area contributed by atoms with E-state index in [9.17, 15) is 24.6 Å². The molecule has 0 saturated heterocycles. The number of carboxylic acids is 1. The number of ether oxygens (including phenoxy) is 1. The van der Waals surface area contributed by atoms with Crippen molar-refractivity contribution in [2.45, 2.75) is 38.1 Å². The summed E-state index contributed by atoms with van der Waals surface area (Å²) in [6.07, 6.45) is 5.22. The summed E-state index contributed by atoms with van der Waals surface area (Å²) in [7, 11) is 0. The minimum atomic E-state index is -1.19. The summed E-state index contributed by atoms with van der Waals surface area (Å²) in [5, 5.41) is 23.4. The van der Waals surface area contributed by atoms with Crippen LogP contribution in [0.4, 0.5) is 0 Å². The second kappa shape index (κ2) is 9.17. The Balaban J connectivity index is 1.27. The van der Waals surface area contributed by atoms with E-state index in [1.807, 2.05) is 6.07 Å². The Morgan fingerprint density at radius 2 is 1.89 bits per heavy atom. The number of aliphatic carboxylic acids is 1. The zero-order valence-electron chi connectivity index (χ0n) is 18.8. The molecular formula is C26H24N2O7. The number of hydrogen-bond acceptors (Lipinski definition) is 6. The fraction of sp³-hybridized carbons (Fsp3) is 0.269. The van der Waals surface area contributed by atoms with Gasteiger partial charge in [0.05, 0.1) is 0 Å².